The molecule has 1 aliphatic rings. The van der Waals surface area contributed by atoms with Crippen molar-refractivity contribution in [1.82, 2.24) is 4.98 Å². The maximum absolute atomic E-state index is 12.0. The quantitative estimate of drug-likeness (QED) is 0.879. The molecule has 0 atom stereocenters. The van der Waals surface area contributed by atoms with Gasteiger partial charge in [-0.2, -0.15) is 0 Å². The van der Waals surface area contributed by atoms with Gasteiger partial charge in [-0.05, 0) is 31.4 Å². The lowest BCUT2D eigenvalue weighted by Crippen LogP contribution is -2.48. The van der Waals surface area contributed by atoms with Crippen molar-refractivity contribution in [3.63, 3.8) is 0 Å². The minimum atomic E-state index is -0.678. The Balaban J connectivity index is 0.00000144. The number of carbonyl (C=O) groups is 1. The number of aryl methyl sites for hydroxylation is 1. The third-order valence-corrected chi connectivity index (χ3v) is 3.24. The Kier molecular flexibility index (Phi) is 6.60. The number of nitrogens with two attached hydrogens (primary N) is 1. The van der Waals surface area contributed by atoms with Gasteiger partial charge < -0.3 is 11.1 Å². The third kappa shape index (κ3) is 3.57. The normalized spacial score (nSPS) is 16.3. The van der Waals surface area contributed by atoms with Crippen molar-refractivity contribution in [3.8, 4) is 0 Å². The molecule has 1 amide bonds. The fourth-order valence-electron chi connectivity index (χ4n) is 2.07. The Hall–Kier alpha value is -0.840. The second-order valence-electron chi connectivity index (χ2n) is 4.51. The van der Waals surface area contributed by atoms with Crippen molar-refractivity contribution in [1.29, 1.82) is 0 Å². The number of amides is 1. The highest BCUT2D eigenvalue weighted by Crippen LogP contribution is 2.28. The number of anilines is 1. The molecule has 0 radical (unpaired) electrons. The van der Waals surface area contributed by atoms with Crippen molar-refractivity contribution in [2.75, 3.05) is 5.32 Å². The summed E-state index contributed by atoms with van der Waals surface area (Å²) in [6.07, 6.45) is 6.99. The molecule has 0 spiro atoms. The summed E-state index contributed by atoms with van der Waals surface area (Å²) in [7, 11) is 0. The van der Waals surface area contributed by atoms with Gasteiger partial charge in [0.15, 0.2) is 0 Å². The molecule has 0 saturated heterocycles. The van der Waals surface area contributed by atoms with E-state index in [0.717, 1.165) is 36.9 Å². The molecule has 2 rings (SSSR count). The maximum Gasteiger partial charge on any atom is 0.244 e. The predicted octanol–water partition coefficient (Wildman–Crippen LogP) is 2.44. The maximum atomic E-state index is 12.0. The molecule has 1 aromatic rings. The SMILES string of the molecule is Cc1ccncc1NC(=O)C1(N)CCCC1.Cl.Cl. The molecule has 1 aromatic heterocycles. The summed E-state index contributed by atoms with van der Waals surface area (Å²) >= 11 is 0. The van der Waals surface area contributed by atoms with Gasteiger partial charge in [0.1, 0.15) is 0 Å². The highest BCUT2D eigenvalue weighted by molar-refractivity contribution is 5.98. The number of nitrogens with zero attached hydrogens (tertiary/aromatic N) is 1. The van der Waals surface area contributed by atoms with Gasteiger partial charge in [-0.1, -0.05) is 12.8 Å². The lowest BCUT2D eigenvalue weighted by Gasteiger charge is -2.22. The van der Waals surface area contributed by atoms with Crippen LogP contribution in [0.2, 0.25) is 0 Å². The van der Waals surface area contributed by atoms with Crippen molar-refractivity contribution < 1.29 is 4.79 Å². The smallest absolute Gasteiger partial charge is 0.244 e. The lowest BCUT2D eigenvalue weighted by molar-refractivity contribution is -0.121. The Labute approximate surface area is 120 Å². The first-order valence-corrected chi connectivity index (χ1v) is 5.63. The topological polar surface area (TPSA) is 68.0 Å². The van der Waals surface area contributed by atoms with Crippen LogP contribution in [0.15, 0.2) is 18.5 Å². The van der Waals surface area contributed by atoms with E-state index in [1.54, 1.807) is 12.4 Å². The zero-order valence-electron chi connectivity index (χ0n) is 10.3. The van der Waals surface area contributed by atoms with Crippen LogP contribution in [0.3, 0.4) is 0 Å². The number of aromatic nitrogens is 1. The van der Waals surface area contributed by atoms with E-state index in [-0.39, 0.29) is 30.7 Å². The van der Waals surface area contributed by atoms with E-state index >= 15 is 0 Å². The average molecular weight is 292 g/mol. The first-order valence-electron chi connectivity index (χ1n) is 5.63. The number of rotatable bonds is 2. The number of halogens is 2. The molecule has 3 N–H and O–H groups in total. The number of carbonyl (C=O) groups excluding carboxylic acids is 1. The molecule has 0 bridgehead atoms. The summed E-state index contributed by atoms with van der Waals surface area (Å²) in [5, 5.41) is 2.87. The van der Waals surface area contributed by atoms with E-state index in [1.165, 1.54) is 0 Å². The zero-order valence-corrected chi connectivity index (χ0v) is 11.9. The minimum absolute atomic E-state index is 0. The van der Waals surface area contributed by atoms with Crippen molar-refractivity contribution in [2.45, 2.75) is 38.1 Å². The highest BCUT2D eigenvalue weighted by atomic mass is 35.5. The van der Waals surface area contributed by atoms with Gasteiger partial charge in [0.2, 0.25) is 5.91 Å². The summed E-state index contributed by atoms with van der Waals surface area (Å²) in [6.45, 7) is 1.94. The second-order valence-corrected chi connectivity index (χ2v) is 4.51. The van der Waals surface area contributed by atoms with Crippen LogP contribution < -0.4 is 11.1 Å². The van der Waals surface area contributed by atoms with Crippen LogP contribution in [0, 0.1) is 6.92 Å². The average Bonchev–Trinajstić information content (AvgIpc) is 2.70. The van der Waals surface area contributed by atoms with Crippen molar-refractivity contribution in [3.05, 3.63) is 24.0 Å². The zero-order chi connectivity index (χ0) is 11.6. The van der Waals surface area contributed by atoms with Crippen LogP contribution in [0.25, 0.3) is 0 Å². The number of hydrogen-bond acceptors (Lipinski definition) is 3. The van der Waals surface area contributed by atoms with E-state index in [9.17, 15) is 4.79 Å². The van der Waals surface area contributed by atoms with Crippen LogP contribution in [-0.2, 0) is 4.79 Å². The second kappa shape index (κ2) is 6.92. The minimum Gasteiger partial charge on any atom is -0.323 e. The first-order chi connectivity index (χ1) is 7.62. The van der Waals surface area contributed by atoms with Gasteiger partial charge in [-0.3, -0.25) is 9.78 Å². The van der Waals surface area contributed by atoms with Crippen LogP contribution in [0.1, 0.15) is 31.2 Å². The predicted molar refractivity (Wildman–Crippen MR) is 77.5 cm³/mol. The number of nitrogens with one attached hydrogen (secondary N) is 1. The largest absolute Gasteiger partial charge is 0.323 e. The Morgan fingerprint density at radius 3 is 2.56 bits per heavy atom. The van der Waals surface area contributed by atoms with Crippen molar-refractivity contribution in [2.24, 2.45) is 5.73 Å². The standard InChI is InChI=1S/C12H17N3O.2ClH/c1-9-4-7-14-8-10(9)15-11(16)12(13)5-2-3-6-12;;/h4,7-8H,2-3,5-6,13H2,1H3,(H,15,16);2*1H. The summed E-state index contributed by atoms with van der Waals surface area (Å²) in [4.78, 5) is 16.0. The Bertz CT molecular complexity index is 406. The van der Waals surface area contributed by atoms with Crippen LogP contribution in [0.5, 0.6) is 0 Å². The third-order valence-electron chi connectivity index (χ3n) is 3.24. The van der Waals surface area contributed by atoms with Crippen LogP contribution in [0.4, 0.5) is 5.69 Å². The van der Waals surface area contributed by atoms with Crippen LogP contribution in [-0.4, -0.2) is 16.4 Å². The van der Waals surface area contributed by atoms with E-state index < -0.39 is 5.54 Å². The molecule has 1 saturated carbocycles. The highest BCUT2D eigenvalue weighted by Gasteiger charge is 2.37. The summed E-state index contributed by atoms with van der Waals surface area (Å²) in [6, 6.07) is 1.87. The molecular formula is C12H19Cl2N3O. The summed E-state index contributed by atoms with van der Waals surface area (Å²) in [5.74, 6) is -0.0823. The Morgan fingerprint density at radius 1 is 1.39 bits per heavy atom. The fourth-order valence-corrected chi connectivity index (χ4v) is 2.07. The van der Waals surface area contributed by atoms with Gasteiger partial charge in [0.05, 0.1) is 17.4 Å². The van der Waals surface area contributed by atoms with Gasteiger partial charge in [-0.25, -0.2) is 0 Å². The molecule has 4 nitrogen and oxygen atoms in total. The molecule has 1 heterocycles. The summed E-state index contributed by atoms with van der Waals surface area (Å²) < 4.78 is 0. The first kappa shape index (κ1) is 17.2. The van der Waals surface area contributed by atoms with Gasteiger partial charge >= 0.3 is 0 Å². The fraction of sp³-hybridized carbons (Fsp3) is 0.500. The number of pyridine rings is 1. The van der Waals surface area contributed by atoms with E-state index in [4.69, 9.17) is 5.73 Å². The molecule has 0 unspecified atom stereocenters. The molecular weight excluding hydrogens is 273 g/mol. The molecule has 1 fully saturated rings. The Morgan fingerprint density at radius 2 is 2.00 bits per heavy atom. The molecule has 0 aliphatic heterocycles. The monoisotopic (exact) mass is 291 g/mol. The van der Waals surface area contributed by atoms with Crippen LogP contribution >= 0.6 is 24.8 Å². The van der Waals surface area contributed by atoms with E-state index in [1.807, 2.05) is 13.0 Å². The molecule has 18 heavy (non-hydrogen) atoms. The molecule has 0 aromatic carbocycles. The molecule has 6 heteroatoms. The summed E-state index contributed by atoms with van der Waals surface area (Å²) in [5.41, 5.74) is 7.15. The van der Waals surface area contributed by atoms with Gasteiger partial charge in [-0.15, -0.1) is 24.8 Å². The van der Waals surface area contributed by atoms with Crippen molar-refractivity contribution >= 4 is 36.4 Å². The lowest BCUT2D eigenvalue weighted by atomic mass is 9.98. The molecule has 1 aliphatic carbocycles. The molecule has 102 valence electrons. The van der Waals surface area contributed by atoms with Gasteiger partial charge in [0.25, 0.3) is 0 Å². The number of hydrogen-bond donors (Lipinski definition) is 2. The van der Waals surface area contributed by atoms with Gasteiger partial charge in [0, 0.05) is 6.20 Å². The van der Waals surface area contributed by atoms with E-state index in [2.05, 4.69) is 10.3 Å². The van der Waals surface area contributed by atoms with E-state index in [0.29, 0.717) is 0 Å².